The van der Waals surface area contributed by atoms with Gasteiger partial charge in [0, 0.05) is 12.1 Å². The minimum Gasteiger partial charge on any atom is -1.00 e. The van der Waals surface area contributed by atoms with E-state index >= 15 is 0 Å². The van der Waals surface area contributed by atoms with Gasteiger partial charge in [-0.15, -0.1) is 0 Å². The van der Waals surface area contributed by atoms with E-state index in [4.69, 9.17) is 4.74 Å². The summed E-state index contributed by atoms with van der Waals surface area (Å²) in [4.78, 5) is 34.9. The van der Waals surface area contributed by atoms with Crippen LogP contribution in [0.2, 0.25) is 0 Å². The first-order valence-corrected chi connectivity index (χ1v) is 8.26. The van der Waals surface area contributed by atoms with Crippen LogP contribution in [0.4, 0.5) is 0 Å². The quantitative estimate of drug-likeness (QED) is 0.372. The van der Waals surface area contributed by atoms with Crippen molar-refractivity contribution in [1.29, 1.82) is 0 Å². The molecular weight excluding hydrogens is 351 g/mol. The Morgan fingerprint density at radius 1 is 1.24 bits per heavy atom. The van der Waals surface area contributed by atoms with Gasteiger partial charge in [-0.1, -0.05) is 0 Å². The number of ketones is 1. The monoisotopic (exact) mass is 406 g/mol. The minimum absolute atomic E-state index is 0. The molecule has 1 aromatic heterocycles. The normalized spacial score (nSPS) is 24.3. The number of hydrogen-bond donors (Lipinski definition) is 0. The summed E-state index contributed by atoms with van der Waals surface area (Å²) in [6, 6.07) is 0.226. The smallest absolute Gasteiger partial charge is 1.00 e. The van der Waals surface area contributed by atoms with Crippen LogP contribution in [-0.4, -0.2) is 41.7 Å². The Balaban J connectivity index is -0.0000000704. The van der Waals surface area contributed by atoms with Crippen molar-refractivity contribution < 1.29 is 90.9 Å². The SMILES string of the molecule is COC(=O)CC(=O)C1CCc2nn(C3CC(C(=O)OC)C3)cc2C1.[3H-].[3H-].[3H-].[3H-].[3H-].[3H-].[3H-].[3H-].[3H-].[3H-].[3H-].[K+]. The molecule has 0 saturated heterocycles. The van der Waals surface area contributed by atoms with Gasteiger partial charge in [0.05, 0.1) is 31.9 Å². The molecule has 2 aliphatic carbocycles. The van der Waals surface area contributed by atoms with Crippen LogP contribution < -0.4 is 51.4 Å². The molecule has 0 radical (unpaired) electrons. The number of nitrogens with zero attached hydrogens (tertiary/aromatic N) is 2. The van der Waals surface area contributed by atoms with Gasteiger partial charge >= 0.3 is 63.3 Å². The second-order valence-electron chi connectivity index (χ2n) is 6.59. The number of fused-ring (bicyclic) bond motifs is 1. The summed E-state index contributed by atoms with van der Waals surface area (Å²) < 4.78 is 11.2. The topological polar surface area (TPSA) is 87.5 Å². The second-order valence-corrected chi connectivity index (χ2v) is 6.59. The zero-order valence-electron chi connectivity index (χ0n) is 26.0. The molecule has 1 saturated carbocycles. The van der Waals surface area contributed by atoms with E-state index < -0.39 is 5.97 Å². The van der Waals surface area contributed by atoms with Gasteiger partial charge < -0.3 is 25.2 Å². The third kappa shape index (κ3) is 4.60. The summed E-state index contributed by atoms with van der Waals surface area (Å²) >= 11 is 0. The first kappa shape index (κ1) is 20.8. The fraction of sp³-hybridized carbons (Fsp3) is 0.647. The van der Waals surface area contributed by atoms with E-state index in [-0.39, 0.29) is 103 Å². The van der Waals surface area contributed by atoms with Crippen LogP contribution in [0, 0.1) is 11.8 Å². The summed E-state index contributed by atoms with van der Waals surface area (Å²) in [5.41, 5.74) is 2.10. The maximum Gasteiger partial charge on any atom is 1.00 e. The number of rotatable bonds is 5. The number of carbonyl (C=O) groups excluding carboxylic acids is 3. The van der Waals surface area contributed by atoms with Gasteiger partial charge in [-0.2, -0.15) is 5.10 Å². The van der Waals surface area contributed by atoms with Gasteiger partial charge in [0.2, 0.25) is 0 Å². The van der Waals surface area contributed by atoms with E-state index in [0.717, 1.165) is 36.9 Å². The maximum absolute atomic E-state index is 12.2. The van der Waals surface area contributed by atoms with E-state index in [9.17, 15) is 14.4 Å². The Morgan fingerprint density at radius 2 is 1.96 bits per heavy atom. The van der Waals surface area contributed by atoms with Crippen molar-refractivity contribution in [3.63, 3.8) is 0 Å². The molecule has 0 spiro atoms. The number of methoxy groups -OCH3 is 2. The fourth-order valence-electron chi connectivity index (χ4n) is 3.51. The predicted molar refractivity (Wildman–Crippen MR) is 95.4 cm³/mol. The van der Waals surface area contributed by atoms with Crippen LogP contribution in [-0.2, 0) is 36.7 Å². The van der Waals surface area contributed by atoms with Gasteiger partial charge in [0.25, 0.3) is 0 Å². The maximum atomic E-state index is 12.2. The Bertz CT molecular complexity index is 698. The zero-order valence-corrected chi connectivity index (χ0v) is 18.1. The van der Waals surface area contributed by atoms with Gasteiger partial charge in [-0.3, -0.25) is 19.1 Å². The molecule has 152 valence electrons. The molecule has 8 heteroatoms. The molecule has 1 atom stereocenters. The number of esters is 2. The molecular formula is C17H33KN2O5-10. The molecule has 0 amide bonds. The molecule has 1 unspecified atom stereocenters. The van der Waals surface area contributed by atoms with Gasteiger partial charge in [-0.05, 0) is 37.7 Å². The first-order chi connectivity index (χ1) is 11.5. The van der Waals surface area contributed by atoms with Crippen molar-refractivity contribution in [2.45, 2.75) is 44.6 Å². The molecule has 1 heterocycles. The van der Waals surface area contributed by atoms with Gasteiger partial charge in [0.15, 0.2) is 0 Å². The average molecular weight is 407 g/mol. The Labute approximate surface area is 205 Å². The van der Waals surface area contributed by atoms with Crippen LogP contribution in [0.5, 0.6) is 0 Å². The van der Waals surface area contributed by atoms with E-state index in [1.807, 2.05) is 10.9 Å². The third-order valence-electron chi connectivity index (χ3n) is 5.11. The van der Waals surface area contributed by atoms with E-state index in [2.05, 4.69) is 9.84 Å². The molecule has 1 aromatic rings. The summed E-state index contributed by atoms with van der Waals surface area (Å²) in [5.74, 6) is -0.870. The Kier molecular flexibility index (Phi) is 7.39. The standard InChI is InChI=1S/C17H22N2O5.K.11H/c1-23-16(21)8-15(20)10-3-4-14-12(5-10)9-19(18-14)13-6-11(7-13)17(22)24-2;;;;;;;;;;;;/h9-11,13H,3-8H2,1-2H3;;;;;;;;;;;;/q;+1;11*-1/i;;11*1+2. The fourth-order valence-corrected chi connectivity index (χ4v) is 3.51. The number of aryl methyl sites for hydroxylation is 1. The largest absolute Gasteiger partial charge is 1.00 e. The van der Waals surface area contributed by atoms with E-state index in [1.165, 1.54) is 14.2 Å². The minimum atomic E-state index is -0.482. The Morgan fingerprint density at radius 3 is 2.60 bits per heavy atom. The first-order valence-electron chi connectivity index (χ1n) is 8.26. The van der Waals surface area contributed by atoms with Crippen molar-refractivity contribution in [2.24, 2.45) is 11.8 Å². The van der Waals surface area contributed by atoms with Crippen LogP contribution in [0.3, 0.4) is 0 Å². The summed E-state index contributed by atoms with van der Waals surface area (Å²) in [6.07, 6.45) is 5.41. The van der Waals surface area contributed by atoms with Crippen molar-refractivity contribution in [3.8, 4) is 0 Å². The molecule has 0 aliphatic heterocycles. The van der Waals surface area contributed by atoms with Crippen LogP contribution in [0.25, 0.3) is 0 Å². The predicted octanol–water partition coefficient (Wildman–Crippen LogP) is -0.514. The van der Waals surface area contributed by atoms with Crippen molar-refractivity contribution in [1.82, 2.24) is 9.78 Å². The number of aromatic nitrogens is 2. The van der Waals surface area contributed by atoms with Crippen molar-refractivity contribution >= 4 is 17.7 Å². The van der Waals surface area contributed by atoms with E-state index in [0.29, 0.717) is 6.42 Å². The molecule has 0 aromatic carbocycles. The molecule has 25 heavy (non-hydrogen) atoms. The van der Waals surface area contributed by atoms with E-state index in [1.54, 1.807) is 0 Å². The summed E-state index contributed by atoms with van der Waals surface area (Å²) in [5, 5.41) is 4.62. The van der Waals surface area contributed by atoms with Crippen molar-refractivity contribution in [2.75, 3.05) is 14.2 Å². The summed E-state index contributed by atoms with van der Waals surface area (Å²) in [7, 11) is 2.70. The molecule has 7 nitrogen and oxygen atoms in total. The number of hydrogen-bond acceptors (Lipinski definition) is 6. The zero-order chi connectivity index (χ0) is 17.3. The summed E-state index contributed by atoms with van der Waals surface area (Å²) in [6.45, 7) is 0. The van der Waals surface area contributed by atoms with Crippen LogP contribution in [0.1, 0.15) is 58.7 Å². The molecule has 0 bridgehead atoms. The van der Waals surface area contributed by atoms with Gasteiger partial charge in [0.1, 0.15) is 12.2 Å². The molecule has 3 rings (SSSR count). The number of Topliss-reactive ketones (excluding diaryl/α,β-unsaturated/α-hetero) is 1. The molecule has 2 aliphatic rings. The number of ether oxygens (including phenoxy) is 2. The van der Waals surface area contributed by atoms with Crippen molar-refractivity contribution in [3.05, 3.63) is 17.5 Å². The Hall–Kier alpha value is -0.544. The second kappa shape index (κ2) is 8.90. The van der Waals surface area contributed by atoms with Crippen LogP contribution in [0.15, 0.2) is 6.20 Å². The molecule has 1 fully saturated rings. The van der Waals surface area contributed by atoms with Gasteiger partial charge in [-0.25, -0.2) is 0 Å². The third-order valence-corrected chi connectivity index (χ3v) is 5.11. The average Bonchev–Trinajstić information content (AvgIpc) is 2.95. The number of carbonyl (C=O) groups is 3. The van der Waals surface area contributed by atoms with Crippen LogP contribution >= 0.6 is 0 Å². The molecule has 0 N–H and O–H groups in total.